The topological polar surface area (TPSA) is 63.8 Å². The summed E-state index contributed by atoms with van der Waals surface area (Å²) in [5.74, 6) is 2.09. The van der Waals surface area contributed by atoms with Crippen molar-refractivity contribution in [2.75, 3.05) is 17.6 Å². The van der Waals surface area contributed by atoms with Gasteiger partial charge in [-0.1, -0.05) is 39.0 Å². The molecule has 4 heteroatoms. The van der Waals surface area contributed by atoms with Crippen molar-refractivity contribution in [3.63, 3.8) is 0 Å². The smallest absolute Gasteiger partial charge is 0.131 e. The molecular weight excluding hydrogens is 212 g/mol. The summed E-state index contributed by atoms with van der Waals surface area (Å²) in [5.41, 5.74) is 5.65. The van der Waals surface area contributed by atoms with E-state index in [1.165, 1.54) is 38.5 Å². The van der Waals surface area contributed by atoms with E-state index in [9.17, 15) is 0 Å². The maximum Gasteiger partial charge on any atom is 0.131 e. The molecule has 96 valence electrons. The van der Waals surface area contributed by atoms with E-state index in [0.717, 1.165) is 18.2 Å². The number of anilines is 2. The highest BCUT2D eigenvalue weighted by atomic mass is 15.0. The summed E-state index contributed by atoms with van der Waals surface area (Å²) in [4.78, 5) is 8.32. The van der Waals surface area contributed by atoms with Gasteiger partial charge in [-0.2, -0.15) is 0 Å². The van der Waals surface area contributed by atoms with Crippen LogP contribution in [-0.4, -0.2) is 16.5 Å². The van der Waals surface area contributed by atoms with Gasteiger partial charge in [0.1, 0.15) is 17.5 Å². The molecule has 3 N–H and O–H groups in total. The van der Waals surface area contributed by atoms with Crippen LogP contribution in [-0.2, 0) is 0 Å². The molecule has 0 saturated heterocycles. The van der Waals surface area contributed by atoms with Crippen LogP contribution in [0.2, 0.25) is 0 Å². The fraction of sp³-hybridized carbons (Fsp3) is 0.692. The van der Waals surface area contributed by atoms with E-state index in [1.54, 1.807) is 6.07 Å². The van der Waals surface area contributed by atoms with E-state index in [1.807, 2.05) is 6.92 Å². The van der Waals surface area contributed by atoms with Crippen molar-refractivity contribution in [1.82, 2.24) is 9.97 Å². The lowest BCUT2D eigenvalue weighted by molar-refractivity contribution is 0.616. The molecule has 0 aliphatic carbocycles. The van der Waals surface area contributed by atoms with Crippen molar-refractivity contribution in [3.05, 3.63) is 11.9 Å². The predicted octanol–water partition coefficient (Wildman–Crippen LogP) is 3.14. The fourth-order valence-electron chi connectivity index (χ4n) is 1.80. The van der Waals surface area contributed by atoms with Gasteiger partial charge in [0.05, 0.1) is 0 Å². The SMILES string of the molecule is CCCCCCCCNc1cc(N)nc(C)n1. The lowest BCUT2D eigenvalue weighted by Crippen LogP contribution is -2.06. The van der Waals surface area contributed by atoms with Crippen molar-refractivity contribution >= 4 is 11.6 Å². The summed E-state index contributed by atoms with van der Waals surface area (Å²) in [6.45, 7) is 5.05. The molecule has 1 aromatic rings. The number of hydrogen-bond donors (Lipinski definition) is 2. The van der Waals surface area contributed by atoms with Crippen LogP contribution in [0.4, 0.5) is 11.6 Å². The normalized spacial score (nSPS) is 10.5. The Balaban J connectivity index is 2.13. The van der Waals surface area contributed by atoms with Gasteiger partial charge in [-0.3, -0.25) is 0 Å². The van der Waals surface area contributed by atoms with Crippen molar-refractivity contribution < 1.29 is 0 Å². The Morgan fingerprint density at radius 2 is 1.82 bits per heavy atom. The highest BCUT2D eigenvalue weighted by Gasteiger charge is 1.98. The number of nitrogen functional groups attached to an aromatic ring is 1. The summed E-state index contributed by atoms with van der Waals surface area (Å²) in [5, 5.41) is 3.29. The van der Waals surface area contributed by atoms with E-state index in [2.05, 4.69) is 22.2 Å². The number of rotatable bonds is 8. The van der Waals surface area contributed by atoms with Crippen LogP contribution in [0.25, 0.3) is 0 Å². The van der Waals surface area contributed by atoms with Crippen molar-refractivity contribution in [2.45, 2.75) is 52.4 Å². The van der Waals surface area contributed by atoms with Gasteiger partial charge in [0.25, 0.3) is 0 Å². The van der Waals surface area contributed by atoms with Gasteiger partial charge in [-0.05, 0) is 13.3 Å². The van der Waals surface area contributed by atoms with Crippen LogP contribution in [0, 0.1) is 6.92 Å². The molecule has 1 aromatic heterocycles. The maximum absolute atomic E-state index is 5.65. The van der Waals surface area contributed by atoms with E-state index in [-0.39, 0.29) is 0 Å². The molecule has 0 aliphatic heterocycles. The van der Waals surface area contributed by atoms with Crippen LogP contribution in [0.3, 0.4) is 0 Å². The molecular formula is C13H24N4. The minimum atomic E-state index is 0.531. The number of hydrogen-bond acceptors (Lipinski definition) is 4. The molecule has 0 aromatic carbocycles. The molecule has 0 bridgehead atoms. The minimum Gasteiger partial charge on any atom is -0.384 e. The summed E-state index contributed by atoms with van der Waals surface area (Å²) >= 11 is 0. The van der Waals surface area contributed by atoms with Gasteiger partial charge < -0.3 is 11.1 Å². The van der Waals surface area contributed by atoms with E-state index in [4.69, 9.17) is 5.73 Å². The Kier molecular flexibility index (Phi) is 6.37. The Morgan fingerprint density at radius 1 is 1.12 bits per heavy atom. The van der Waals surface area contributed by atoms with Gasteiger partial charge in [0, 0.05) is 12.6 Å². The Bertz CT molecular complexity index is 305. The first-order chi connectivity index (χ1) is 8.22. The standard InChI is InChI=1S/C13H24N4/c1-3-4-5-6-7-8-9-15-13-10-12(14)16-11(2)17-13/h10H,3-9H2,1-2H3,(H3,14,15,16,17). The molecule has 0 amide bonds. The zero-order valence-corrected chi connectivity index (χ0v) is 11.0. The van der Waals surface area contributed by atoms with Crippen LogP contribution >= 0.6 is 0 Å². The van der Waals surface area contributed by atoms with Gasteiger partial charge in [-0.15, -0.1) is 0 Å². The number of nitrogens with zero attached hydrogens (tertiary/aromatic N) is 2. The molecule has 1 heterocycles. The number of nitrogens with two attached hydrogens (primary N) is 1. The van der Waals surface area contributed by atoms with E-state index in [0.29, 0.717) is 5.82 Å². The largest absolute Gasteiger partial charge is 0.384 e. The molecule has 4 nitrogen and oxygen atoms in total. The average molecular weight is 236 g/mol. The van der Waals surface area contributed by atoms with Crippen molar-refractivity contribution in [3.8, 4) is 0 Å². The van der Waals surface area contributed by atoms with Crippen LogP contribution in [0.15, 0.2) is 6.07 Å². The molecule has 0 unspecified atom stereocenters. The Hall–Kier alpha value is -1.32. The second-order valence-corrected chi connectivity index (χ2v) is 4.42. The third-order valence-electron chi connectivity index (χ3n) is 2.69. The molecule has 0 spiro atoms. The first-order valence-electron chi connectivity index (χ1n) is 6.57. The first kappa shape index (κ1) is 13.7. The zero-order chi connectivity index (χ0) is 12.5. The third-order valence-corrected chi connectivity index (χ3v) is 2.69. The highest BCUT2D eigenvalue weighted by Crippen LogP contribution is 2.09. The third kappa shape index (κ3) is 6.09. The summed E-state index contributed by atoms with van der Waals surface area (Å²) in [6.07, 6.45) is 7.82. The quantitative estimate of drug-likeness (QED) is 0.681. The number of unbranched alkanes of at least 4 members (excludes halogenated alkanes) is 5. The van der Waals surface area contributed by atoms with Gasteiger partial charge >= 0.3 is 0 Å². The summed E-state index contributed by atoms with van der Waals surface area (Å²) in [7, 11) is 0. The average Bonchev–Trinajstić information content (AvgIpc) is 2.26. The van der Waals surface area contributed by atoms with E-state index >= 15 is 0 Å². The van der Waals surface area contributed by atoms with Crippen LogP contribution < -0.4 is 11.1 Å². The lowest BCUT2D eigenvalue weighted by Gasteiger charge is -2.06. The lowest BCUT2D eigenvalue weighted by atomic mass is 10.1. The monoisotopic (exact) mass is 236 g/mol. The predicted molar refractivity (Wildman–Crippen MR) is 73.0 cm³/mol. The zero-order valence-electron chi connectivity index (χ0n) is 11.0. The molecule has 1 rings (SSSR count). The van der Waals surface area contributed by atoms with Crippen molar-refractivity contribution in [2.24, 2.45) is 0 Å². The molecule has 0 fully saturated rings. The number of aryl methyl sites for hydroxylation is 1. The minimum absolute atomic E-state index is 0.531. The van der Waals surface area contributed by atoms with Crippen LogP contribution in [0.5, 0.6) is 0 Å². The molecule has 0 atom stereocenters. The fourth-order valence-corrected chi connectivity index (χ4v) is 1.80. The second-order valence-electron chi connectivity index (χ2n) is 4.42. The molecule has 0 saturated carbocycles. The summed E-state index contributed by atoms with van der Waals surface area (Å²) < 4.78 is 0. The second kappa shape index (κ2) is 7.87. The molecule has 0 aliphatic rings. The summed E-state index contributed by atoms with van der Waals surface area (Å²) in [6, 6.07) is 1.78. The highest BCUT2D eigenvalue weighted by molar-refractivity contribution is 5.44. The molecule has 0 radical (unpaired) electrons. The Labute approximate surface area is 104 Å². The first-order valence-corrected chi connectivity index (χ1v) is 6.57. The van der Waals surface area contributed by atoms with Gasteiger partial charge in [-0.25, -0.2) is 9.97 Å². The molecule has 17 heavy (non-hydrogen) atoms. The van der Waals surface area contributed by atoms with E-state index < -0.39 is 0 Å². The number of nitrogens with one attached hydrogen (secondary N) is 1. The van der Waals surface area contributed by atoms with Gasteiger partial charge in [0.15, 0.2) is 0 Å². The number of aromatic nitrogens is 2. The maximum atomic E-state index is 5.65. The van der Waals surface area contributed by atoms with Crippen LogP contribution in [0.1, 0.15) is 51.3 Å². The Morgan fingerprint density at radius 3 is 2.53 bits per heavy atom. The van der Waals surface area contributed by atoms with Gasteiger partial charge in [0.2, 0.25) is 0 Å². The van der Waals surface area contributed by atoms with Crippen molar-refractivity contribution in [1.29, 1.82) is 0 Å².